The van der Waals surface area contributed by atoms with Gasteiger partial charge in [-0.2, -0.15) is 0 Å². The van der Waals surface area contributed by atoms with Crippen LogP contribution in [0.15, 0.2) is 12.4 Å². The number of carboxylic acids is 1. The lowest BCUT2D eigenvalue weighted by molar-refractivity contribution is 0.0681. The van der Waals surface area contributed by atoms with Gasteiger partial charge in [0.15, 0.2) is 0 Å². The van der Waals surface area contributed by atoms with Gasteiger partial charge in [0.25, 0.3) is 0 Å². The van der Waals surface area contributed by atoms with Crippen molar-refractivity contribution in [2.24, 2.45) is 5.92 Å². The number of hydrogen-bond acceptors (Lipinski definition) is 4. The van der Waals surface area contributed by atoms with E-state index in [4.69, 9.17) is 9.84 Å². The number of carboxylic acid groups (broad SMARTS) is 1. The topological polar surface area (TPSA) is 72.3 Å². The van der Waals surface area contributed by atoms with Crippen LogP contribution < -0.4 is 4.74 Å². The molecule has 0 aromatic carbocycles. The lowest BCUT2D eigenvalue weighted by Gasteiger charge is -2.24. The molecule has 2 rings (SSSR count). The Labute approximate surface area is 87.1 Å². The molecule has 1 aliphatic rings. The van der Waals surface area contributed by atoms with Crippen molar-refractivity contribution in [2.45, 2.75) is 19.3 Å². The Bertz CT molecular complexity index is 363. The highest BCUT2D eigenvalue weighted by atomic mass is 16.5. The van der Waals surface area contributed by atoms with E-state index in [0.29, 0.717) is 12.5 Å². The summed E-state index contributed by atoms with van der Waals surface area (Å²) in [6, 6.07) is 0. The lowest BCUT2D eigenvalue weighted by Crippen LogP contribution is -2.20. The van der Waals surface area contributed by atoms with Gasteiger partial charge in [-0.1, -0.05) is 6.42 Å². The van der Waals surface area contributed by atoms with E-state index in [1.807, 2.05) is 0 Å². The molecule has 0 saturated heterocycles. The normalized spacial score (nSPS) is 15.7. The quantitative estimate of drug-likeness (QED) is 0.808. The van der Waals surface area contributed by atoms with E-state index in [9.17, 15) is 4.79 Å². The minimum Gasteiger partial charge on any atom is -0.476 e. The number of rotatable bonds is 4. The summed E-state index contributed by atoms with van der Waals surface area (Å²) in [7, 11) is 0. The minimum atomic E-state index is -1.10. The van der Waals surface area contributed by atoms with Gasteiger partial charge in [-0.3, -0.25) is 0 Å². The molecule has 5 heteroatoms. The number of nitrogens with zero attached hydrogens (tertiary/aromatic N) is 2. The second-order valence-electron chi connectivity index (χ2n) is 3.62. The van der Waals surface area contributed by atoms with Crippen LogP contribution in [0.4, 0.5) is 0 Å². The molecule has 0 radical (unpaired) electrons. The van der Waals surface area contributed by atoms with Crippen LogP contribution in [0.1, 0.15) is 29.8 Å². The van der Waals surface area contributed by atoms with Crippen molar-refractivity contribution < 1.29 is 14.6 Å². The predicted molar refractivity (Wildman–Crippen MR) is 51.8 cm³/mol. The fraction of sp³-hybridized carbons (Fsp3) is 0.500. The summed E-state index contributed by atoms with van der Waals surface area (Å²) >= 11 is 0. The first-order chi connectivity index (χ1) is 7.27. The van der Waals surface area contributed by atoms with Crippen molar-refractivity contribution in [2.75, 3.05) is 6.61 Å². The van der Waals surface area contributed by atoms with E-state index in [1.165, 1.54) is 18.8 Å². The third kappa shape index (κ3) is 2.23. The summed E-state index contributed by atoms with van der Waals surface area (Å²) in [6.45, 7) is 0.541. The summed E-state index contributed by atoms with van der Waals surface area (Å²) < 4.78 is 5.35. The molecule has 5 nitrogen and oxygen atoms in total. The molecule has 0 unspecified atom stereocenters. The largest absolute Gasteiger partial charge is 0.476 e. The van der Waals surface area contributed by atoms with Crippen LogP contribution in [0.5, 0.6) is 5.88 Å². The van der Waals surface area contributed by atoms with Crippen LogP contribution in [0, 0.1) is 5.92 Å². The Morgan fingerprint density at radius 1 is 1.47 bits per heavy atom. The van der Waals surface area contributed by atoms with Crippen molar-refractivity contribution in [3.05, 3.63) is 18.1 Å². The van der Waals surface area contributed by atoms with Gasteiger partial charge >= 0.3 is 5.97 Å². The first-order valence-electron chi connectivity index (χ1n) is 4.94. The third-order valence-corrected chi connectivity index (χ3v) is 2.55. The molecule has 0 aliphatic heterocycles. The first kappa shape index (κ1) is 9.89. The summed E-state index contributed by atoms with van der Waals surface area (Å²) in [5.41, 5.74) is -0.114. The fourth-order valence-corrected chi connectivity index (χ4v) is 1.43. The van der Waals surface area contributed by atoms with Crippen molar-refractivity contribution in [3.63, 3.8) is 0 Å². The zero-order chi connectivity index (χ0) is 10.7. The second-order valence-corrected chi connectivity index (χ2v) is 3.62. The number of ether oxygens (including phenoxy) is 1. The van der Waals surface area contributed by atoms with Crippen molar-refractivity contribution in [3.8, 4) is 5.88 Å². The molecule has 1 heterocycles. The van der Waals surface area contributed by atoms with Gasteiger partial charge in [-0.05, 0) is 18.8 Å². The van der Waals surface area contributed by atoms with Gasteiger partial charge < -0.3 is 9.84 Å². The van der Waals surface area contributed by atoms with Crippen LogP contribution in [-0.2, 0) is 0 Å². The third-order valence-electron chi connectivity index (χ3n) is 2.55. The molecule has 1 aromatic heterocycles. The molecular weight excluding hydrogens is 196 g/mol. The van der Waals surface area contributed by atoms with Crippen molar-refractivity contribution in [1.82, 2.24) is 9.97 Å². The highest BCUT2D eigenvalue weighted by Crippen LogP contribution is 2.27. The van der Waals surface area contributed by atoms with E-state index in [0.717, 1.165) is 12.8 Å². The maximum atomic E-state index is 10.8. The van der Waals surface area contributed by atoms with Gasteiger partial charge in [-0.15, -0.1) is 0 Å². The molecule has 0 spiro atoms. The molecule has 1 saturated carbocycles. The Morgan fingerprint density at radius 3 is 2.80 bits per heavy atom. The molecular formula is C10H12N2O3. The highest BCUT2D eigenvalue weighted by Gasteiger charge is 2.20. The predicted octanol–water partition coefficient (Wildman–Crippen LogP) is 1.35. The molecule has 80 valence electrons. The van der Waals surface area contributed by atoms with E-state index in [2.05, 4.69) is 9.97 Å². The van der Waals surface area contributed by atoms with E-state index in [-0.39, 0.29) is 11.6 Å². The zero-order valence-corrected chi connectivity index (χ0v) is 8.22. The average Bonchev–Trinajstić information content (AvgIpc) is 2.16. The zero-order valence-electron chi connectivity index (χ0n) is 8.22. The molecule has 1 fully saturated rings. The number of aromatic carboxylic acids is 1. The van der Waals surface area contributed by atoms with Gasteiger partial charge in [0, 0.05) is 12.4 Å². The minimum absolute atomic E-state index is 0.114. The molecule has 0 bridgehead atoms. The molecule has 15 heavy (non-hydrogen) atoms. The summed E-state index contributed by atoms with van der Waals surface area (Å²) in [6.07, 6.45) is 6.33. The molecule has 0 amide bonds. The SMILES string of the molecule is O=C(O)c1nccnc1OCC1CCC1. The van der Waals surface area contributed by atoms with Crippen molar-refractivity contribution >= 4 is 5.97 Å². The standard InChI is InChI=1S/C10H12N2O3/c13-10(14)8-9(12-5-4-11-8)15-6-7-2-1-3-7/h4-5,7H,1-3,6H2,(H,13,14). The van der Waals surface area contributed by atoms with Crippen LogP contribution in [0.2, 0.25) is 0 Å². The fourth-order valence-electron chi connectivity index (χ4n) is 1.43. The van der Waals surface area contributed by atoms with E-state index < -0.39 is 5.97 Å². The second kappa shape index (κ2) is 4.25. The van der Waals surface area contributed by atoms with E-state index in [1.54, 1.807) is 0 Å². The Hall–Kier alpha value is -1.65. The Kier molecular flexibility index (Phi) is 2.80. The maximum Gasteiger partial charge on any atom is 0.360 e. The van der Waals surface area contributed by atoms with E-state index >= 15 is 0 Å². The van der Waals surface area contributed by atoms with Crippen LogP contribution in [-0.4, -0.2) is 27.7 Å². The Balaban J connectivity index is 2.02. The van der Waals surface area contributed by atoms with Gasteiger partial charge in [0.05, 0.1) is 6.61 Å². The highest BCUT2D eigenvalue weighted by molar-refractivity contribution is 5.87. The average molecular weight is 208 g/mol. The summed E-state index contributed by atoms with van der Waals surface area (Å²) in [4.78, 5) is 18.3. The van der Waals surface area contributed by atoms with Gasteiger partial charge in [0.2, 0.25) is 11.6 Å². The lowest BCUT2D eigenvalue weighted by atomic mass is 9.86. The van der Waals surface area contributed by atoms with Gasteiger partial charge in [0.1, 0.15) is 0 Å². The summed E-state index contributed by atoms with van der Waals surface area (Å²) in [5.74, 6) is -0.433. The number of carbonyl (C=O) groups is 1. The van der Waals surface area contributed by atoms with Crippen LogP contribution >= 0.6 is 0 Å². The smallest absolute Gasteiger partial charge is 0.360 e. The number of hydrogen-bond donors (Lipinski definition) is 1. The molecule has 1 aromatic rings. The number of aromatic nitrogens is 2. The maximum absolute atomic E-state index is 10.8. The van der Waals surface area contributed by atoms with Gasteiger partial charge in [-0.25, -0.2) is 14.8 Å². The van der Waals surface area contributed by atoms with Crippen molar-refractivity contribution in [1.29, 1.82) is 0 Å². The van der Waals surface area contributed by atoms with Crippen LogP contribution in [0.25, 0.3) is 0 Å². The Morgan fingerprint density at radius 2 is 2.20 bits per heavy atom. The molecule has 0 atom stereocenters. The van der Waals surface area contributed by atoms with Crippen LogP contribution in [0.3, 0.4) is 0 Å². The molecule has 1 N–H and O–H groups in total. The summed E-state index contributed by atoms with van der Waals surface area (Å²) in [5, 5.41) is 8.82. The monoisotopic (exact) mass is 208 g/mol. The first-order valence-corrected chi connectivity index (χ1v) is 4.94. The molecule has 1 aliphatic carbocycles.